The van der Waals surface area contributed by atoms with Gasteiger partial charge in [0.05, 0.1) is 39.6 Å². The zero-order valence-corrected chi connectivity index (χ0v) is 30.2. The number of likely N-dealkylation sites (tertiary alicyclic amines) is 1. The van der Waals surface area contributed by atoms with Gasteiger partial charge in [0.15, 0.2) is 0 Å². The SMILES string of the molecule is COc1ccc(C2CCN(CCC(CN(C(=O)c3cc(C#N)cc4ccccc34)C(C)C(N)=O)c3ccc(Cl)c(Cl)c3)CC2)c(S(C)=O)c1. The predicted molar refractivity (Wildman–Crippen MR) is 196 cm³/mol. The smallest absolute Gasteiger partial charge is 0.255 e. The maximum atomic E-state index is 14.4. The van der Waals surface area contributed by atoms with Gasteiger partial charge in [0.2, 0.25) is 5.91 Å². The highest BCUT2D eigenvalue weighted by atomic mass is 35.5. The van der Waals surface area contributed by atoms with Crippen LogP contribution in [0.25, 0.3) is 10.8 Å². The standard InChI is InChI=1S/C38H40Cl2N4O4S/c1-24(37(42)45)44(38(46)33-19-25(22-41)18-28-6-4-5-7-31(28)33)23-29(27-8-11-34(39)35(40)20-27)14-17-43-15-12-26(13-16-43)32-10-9-30(48-2)21-36(32)49(3)47/h4-11,18-21,24,26,29H,12-17,23H2,1-3H3,(H2,42,45). The van der Waals surface area contributed by atoms with E-state index in [1.165, 1.54) is 4.90 Å². The molecule has 11 heteroatoms. The Balaban J connectivity index is 1.39. The maximum absolute atomic E-state index is 14.4. The number of primary amides is 1. The van der Waals surface area contributed by atoms with Crippen LogP contribution < -0.4 is 10.5 Å². The van der Waals surface area contributed by atoms with Crippen molar-refractivity contribution in [2.75, 3.05) is 39.5 Å². The third-order valence-corrected chi connectivity index (χ3v) is 11.3. The molecule has 4 aromatic rings. The topological polar surface area (TPSA) is 117 Å². The molecule has 0 aliphatic carbocycles. The number of rotatable bonds is 12. The van der Waals surface area contributed by atoms with E-state index in [4.69, 9.17) is 33.7 Å². The number of hydrogen-bond acceptors (Lipinski definition) is 6. The lowest BCUT2D eigenvalue weighted by Gasteiger charge is -2.35. The molecular formula is C38H40Cl2N4O4S. The number of fused-ring (bicyclic) bond motifs is 1. The van der Waals surface area contributed by atoms with E-state index in [9.17, 15) is 19.1 Å². The number of nitrogens with two attached hydrogens (primary N) is 1. The molecular weight excluding hydrogens is 679 g/mol. The first kappa shape index (κ1) is 36.3. The summed E-state index contributed by atoms with van der Waals surface area (Å²) < 4.78 is 17.9. The molecule has 0 spiro atoms. The van der Waals surface area contributed by atoms with Gasteiger partial charge in [-0.2, -0.15) is 5.26 Å². The van der Waals surface area contributed by atoms with E-state index in [1.54, 1.807) is 38.5 Å². The van der Waals surface area contributed by atoms with Crippen molar-refractivity contribution in [3.8, 4) is 11.8 Å². The maximum Gasteiger partial charge on any atom is 0.255 e. The molecule has 0 saturated carbocycles. The van der Waals surface area contributed by atoms with E-state index in [-0.39, 0.29) is 24.3 Å². The van der Waals surface area contributed by atoms with Crippen LogP contribution in [0.3, 0.4) is 0 Å². The second-order valence-corrected chi connectivity index (χ2v) is 14.7. The molecule has 3 unspecified atom stereocenters. The Morgan fingerprint density at radius 2 is 1.80 bits per heavy atom. The average Bonchev–Trinajstić information content (AvgIpc) is 3.11. The van der Waals surface area contributed by atoms with E-state index in [1.807, 2.05) is 54.6 Å². The van der Waals surface area contributed by atoms with Crippen molar-refractivity contribution < 1.29 is 18.5 Å². The van der Waals surface area contributed by atoms with Crippen molar-refractivity contribution in [3.05, 3.63) is 105 Å². The number of piperidine rings is 1. The van der Waals surface area contributed by atoms with Crippen molar-refractivity contribution in [1.29, 1.82) is 5.26 Å². The molecule has 49 heavy (non-hydrogen) atoms. The predicted octanol–water partition coefficient (Wildman–Crippen LogP) is 7.13. The number of ether oxygens (including phenoxy) is 1. The summed E-state index contributed by atoms with van der Waals surface area (Å²) in [4.78, 5) is 31.7. The lowest BCUT2D eigenvalue weighted by molar-refractivity contribution is -0.122. The largest absolute Gasteiger partial charge is 0.497 e. The molecule has 3 atom stereocenters. The minimum absolute atomic E-state index is 0.194. The number of halogens is 2. The fourth-order valence-electron chi connectivity index (χ4n) is 6.68. The van der Waals surface area contributed by atoms with Gasteiger partial charge in [0.1, 0.15) is 11.8 Å². The van der Waals surface area contributed by atoms with Crippen LogP contribution in [0.2, 0.25) is 10.0 Å². The van der Waals surface area contributed by atoms with E-state index < -0.39 is 22.7 Å². The van der Waals surface area contributed by atoms with Crippen molar-refractivity contribution in [1.82, 2.24) is 9.80 Å². The van der Waals surface area contributed by atoms with E-state index in [2.05, 4.69) is 11.0 Å². The lowest BCUT2D eigenvalue weighted by atomic mass is 9.88. The molecule has 0 radical (unpaired) electrons. The van der Waals surface area contributed by atoms with Gasteiger partial charge in [-0.25, -0.2) is 0 Å². The summed E-state index contributed by atoms with van der Waals surface area (Å²) in [6, 6.07) is 23.3. The second-order valence-electron chi connectivity index (χ2n) is 12.5. The number of hydrogen-bond donors (Lipinski definition) is 1. The molecule has 8 nitrogen and oxygen atoms in total. The van der Waals surface area contributed by atoms with Crippen LogP contribution in [0, 0.1) is 11.3 Å². The summed E-state index contributed by atoms with van der Waals surface area (Å²) in [5.41, 5.74) is 8.51. The van der Waals surface area contributed by atoms with Gasteiger partial charge in [-0.05, 0) is 110 Å². The van der Waals surface area contributed by atoms with Gasteiger partial charge in [0.25, 0.3) is 5.91 Å². The Morgan fingerprint density at radius 1 is 1.06 bits per heavy atom. The normalized spacial score (nSPS) is 15.7. The van der Waals surface area contributed by atoms with Crippen LogP contribution in [0.1, 0.15) is 65.1 Å². The molecule has 1 fully saturated rings. The van der Waals surface area contributed by atoms with Crippen LogP contribution >= 0.6 is 23.2 Å². The minimum atomic E-state index is -1.13. The molecule has 2 N–H and O–H groups in total. The molecule has 0 bridgehead atoms. The lowest BCUT2D eigenvalue weighted by Crippen LogP contribution is -2.48. The number of nitriles is 1. The zero-order valence-electron chi connectivity index (χ0n) is 27.8. The summed E-state index contributed by atoms with van der Waals surface area (Å²) in [6.45, 7) is 4.28. The first-order valence-electron chi connectivity index (χ1n) is 16.2. The van der Waals surface area contributed by atoms with Crippen LogP contribution in [-0.2, 0) is 15.6 Å². The first-order chi connectivity index (χ1) is 23.5. The van der Waals surface area contributed by atoms with Gasteiger partial charge in [-0.3, -0.25) is 13.8 Å². The Hall–Kier alpha value is -3.94. The monoisotopic (exact) mass is 718 g/mol. The van der Waals surface area contributed by atoms with Gasteiger partial charge >= 0.3 is 0 Å². The molecule has 5 rings (SSSR count). The summed E-state index contributed by atoms with van der Waals surface area (Å²) in [6.07, 6.45) is 4.20. The third kappa shape index (κ3) is 8.45. The van der Waals surface area contributed by atoms with Gasteiger partial charge in [-0.15, -0.1) is 0 Å². The van der Waals surface area contributed by atoms with Crippen molar-refractivity contribution >= 4 is 56.6 Å². The van der Waals surface area contributed by atoms with E-state index in [0.29, 0.717) is 38.7 Å². The fraction of sp³-hybridized carbons (Fsp3) is 0.342. The molecule has 1 aliphatic heterocycles. The fourth-order valence-corrected chi connectivity index (χ4v) is 7.83. The Bertz CT molecular complexity index is 1920. The Kier molecular flexibility index (Phi) is 12.0. The molecule has 256 valence electrons. The average molecular weight is 720 g/mol. The molecule has 1 heterocycles. The number of carbonyl (C=O) groups excluding carboxylic acids is 2. The van der Waals surface area contributed by atoms with Gasteiger partial charge in [0, 0.05) is 29.2 Å². The van der Waals surface area contributed by atoms with Gasteiger partial charge in [-0.1, -0.05) is 59.6 Å². The van der Waals surface area contributed by atoms with Crippen molar-refractivity contribution in [2.45, 2.75) is 49.0 Å². The van der Waals surface area contributed by atoms with Crippen LogP contribution in [0.5, 0.6) is 5.75 Å². The molecule has 1 aliphatic rings. The first-order valence-corrected chi connectivity index (χ1v) is 18.5. The molecule has 1 saturated heterocycles. The quantitative estimate of drug-likeness (QED) is 0.167. The summed E-state index contributed by atoms with van der Waals surface area (Å²) in [5, 5.41) is 12.0. The number of amides is 2. The zero-order chi connectivity index (χ0) is 35.2. The highest BCUT2D eigenvalue weighted by molar-refractivity contribution is 7.84. The Morgan fingerprint density at radius 3 is 2.45 bits per heavy atom. The molecule has 0 aromatic heterocycles. The van der Waals surface area contributed by atoms with Crippen LogP contribution in [0.15, 0.2) is 77.7 Å². The summed E-state index contributed by atoms with van der Waals surface area (Å²) in [5.74, 6) is -0.234. The second kappa shape index (κ2) is 16.2. The summed E-state index contributed by atoms with van der Waals surface area (Å²) in [7, 11) is 0.477. The van der Waals surface area contributed by atoms with Gasteiger partial charge < -0.3 is 20.3 Å². The van der Waals surface area contributed by atoms with Crippen molar-refractivity contribution in [3.63, 3.8) is 0 Å². The van der Waals surface area contributed by atoms with E-state index >= 15 is 0 Å². The Labute approximate surface area is 300 Å². The number of carbonyl (C=O) groups is 2. The highest BCUT2D eigenvalue weighted by Gasteiger charge is 2.31. The molecule has 4 aromatic carbocycles. The number of nitrogens with zero attached hydrogens (tertiary/aromatic N) is 3. The number of methoxy groups -OCH3 is 1. The summed E-state index contributed by atoms with van der Waals surface area (Å²) >= 11 is 12.8. The van der Waals surface area contributed by atoms with Crippen LogP contribution in [0.4, 0.5) is 0 Å². The molecule has 2 amide bonds. The van der Waals surface area contributed by atoms with E-state index in [0.717, 1.165) is 53.9 Å². The van der Waals surface area contributed by atoms with Crippen LogP contribution in [-0.4, -0.2) is 71.4 Å². The third-order valence-electron chi connectivity index (χ3n) is 9.55. The highest BCUT2D eigenvalue weighted by Crippen LogP contribution is 2.35. The minimum Gasteiger partial charge on any atom is -0.497 e. The van der Waals surface area contributed by atoms with Crippen molar-refractivity contribution in [2.24, 2.45) is 5.73 Å². The number of benzene rings is 4.